The van der Waals surface area contributed by atoms with Crippen LogP contribution in [-0.4, -0.2) is 25.5 Å². The van der Waals surface area contributed by atoms with Gasteiger partial charge in [-0.3, -0.25) is 4.79 Å². The summed E-state index contributed by atoms with van der Waals surface area (Å²) < 4.78 is 27.3. The zero-order valence-corrected chi connectivity index (χ0v) is 13.3. The van der Waals surface area contributed by atoms with Gasteiger partial charge in [0, 0.05) is 8.95 Å². The molecule has 0 saturated carbocycles. The summed E-state index contributed by atoms with van der Waals surface area (Å²) in [4.78, 5) is 10.8. The van der Waals surface area contributed by atoms with E-state index in [1.807, 2.05) is 0 Å². The second-order valence-electron chi connectivity index (χ2n) is 3.50. The number of carboxylic acids is 1. The maximum Gasteiger partial charge on any atom is 0.321 e. The van der Waals surface area contributed by atoms with Crippen LogP contribution in [0.2, 0.25) is 0 Å². The van der Waals surface area contributed by atoms with Gasteiger partial charge in [-0.05, 0) is 40.5 Å². The Hall–Kier alpha value is -0.440. The van der Waals surface area contributed by atoms with E-state index in [2.05, 4.69) is 36.6 Å². The largest absolute Gasteiger partial charge is 0.480 e. The van der Waals surface area contributed by atoms with Crippen LogP contribution in [0.1, 0.15) is 13.3 Å². The number of carbonyl (C=O) groups is 1. The first kappa shape index (κ1) is 15.6. The van der Waals surface area contributed by atoms with Crippen molar-refractivity contribution < 1.29 is 18.3 Å². The van der Waals surface area contributed by atoms with Crippen molar-refractivity contribution in [3.8, 4) is 0 Å². The lowest BCUT2D eigenvalue weighted by molar-refractivity contribution is -0.139. The molecule has 0 aliphatic rings. The van der Waals surface area contributed by atoms with E-state index < -0.39 is 22.0 Å². The quantitative estimate of drug-likeness (QED) is 0.794. The summed E-state index contributed by atoms with van der Waals surface area (Å²) in [5.41, 5.74) is 0. The third-order valence-corrected chi connectivity index (χ3v) is 5.13. The van der Waals surface area contributed by atoms with Crippen molar-refractivity contribution in [2.45, 2.75) is 24.3 Å². The molecule has 2 N–H and O–H groups in total. The maximum absolute atomic E-state index is 12.0. The number of aliphatic carboxylic acids is 1. The first-order chi connectivity index (χ1) is 8.27. The highest BCUT2D eigenvalue weighted by molar-refractivity contribution is 9.11. The molecule has 8 heteroatoms. The van der Waals surface area contributed by atoms with Gasteiger partial charge in [-0.2, -0.15) is 4.72 Å². The van der Waals surface area contributed by atoms with Gasteiger partial charge >= 0.3 is 5.97 Å². The minimum absolute atomic E-state index is 0.00500. The molecule has 0 aromatic heterocycles. The van der Waals surface area contributed by atoms with Gasteiger partial charge in [0.05, 0.1) is 4.90 Å². The number of hydrogen-bond acceptors (Lipinski definition) is 3. The van der Waals surface area contributed by atoms with Gasteiger partial charge in [0.25, 0.3) is 0 Å². The molecule has 0 fully saturated rings. The molecular formula is C10H11Br2NO4S. The molecular weight excluding hydrogens is 390 g/mol. The first-order valence-electron chi connectivity index (χ1n) is 4.98. The Morgan fingerprint density at radius 2 is 2.06 bits per heavy atom. The van der Waals surface area contributed by atoms with Gasteiger partial charge in [-0.1, -0.05) is 22.9 Å². The first-order valence-corrected chi connectivity index (χ1v) is 8.05. The molecule has 5 nitrogen and oxygen atoms in total. The molecule has 1 atom stereocenters. The summed E-state index contributed by atoms with van der Waals surface area (Å²) in [5.74, 6) is -1.20. The molecule has 0 amide bonds. The Balaban J connectivity index is 3.10. The van der Waals surface area contributed by atoms with Crippen molar-refractivity contribution in [1.82, 2.24) is 4.72 Å². The highest BCUT2D eigenvalue weighted by atomic mass is 79.9. The van der Waals surface area contributed by atoms with E-state index in [1.165, 1.54) is 6.07 Å². The lowest BCUT2D eigenvalue weighted by atomic mass is 10.2. The second-order valence-corrected chi connectivity index (χ2v) is 6.95. The van der Waals surface area contributed by atoms with Crippen molar-refractivity contribution in [2.75, 3.05) is 0 Å². The molecule has 0 aliphatic heterocycles. The van der Waals surface area contributed by atoms with Crippen LogP contribution in [0.25, 0.3) is 0 Å². The fourth-order valence-corrected chi connectivity index (χ4v) is 4.27. The Kier molecular flexibility index (Phi) is 5.32. The Bertz CT molecular complexity index is 559. The molecule has 100 valence electrons. The lowest BCUT2D eigenvalue weighted by Crippen LogP contribution is -2.40. The molecule has 1 aromatic carbocycles. The molecule has 0 heterocycles. The zero-order chi connectivity index (χ0) is 13.9. The molecule has 0 spiro atoms. The smallest absolute Gasteiger partial charge is 0.321 e. The van der Waals surface area contributed by atoms with Crippen molar-refractivity contribution in [2.24, 2.45) is 0 Å². The summed E-state index contributed by atoms with van der Waals surface area (Å²) in [6, 6.07) is 3.41. The molecule has 18 heavy (non-hydrogen) atoms. The third kappa shape index (κ3) is 3.78. The molecule has 1 rings (SSSR count). The van der Waals surface area contributed by atoms with Crippen LogP contribution in [0, 0.1) is 0 Å². The normalized spacial score (nSPS) is 13.3. The molecule has 0 radical (unpaired) electrons. The third-order valence-electron chi connectivity index (χ3n) is 2.19. The number of sulfonamides is 1. The SMILES string of the molecule is CCC(NS(=O)(=O)c1ccc(Br)cc1Br)C(=O)O. The summed E-state index contributed by atoms with van der Waals surface area (Å²) in [6.45, 7) is 1.60. The van der Waals surface area contributed by atoms with E-state index in [-0.39, 0.29) is 11.3 Å². The number of nitrogens with one attached hydrogen (secondary N) is 1. The molecule has 1 unspecified atom stereocenters. The average molecular weight is 401 g/mol. The fraction of sp³-hybridized carbons (Fsp3) is 0.300. The predicted molar refractivity (Wildman–Crippen MR) is 73.9 cm³/mol. The summed E-state index contributed by atoms with van der Waals surface area (Å²) >= 11 is 6.35. The Labute approximate surface area is 122 Å². The minimum Gasteiger partial charge on any atom is -0.480 e. The van der Waals surface area contributed by atoms with Crippen LogP contribution in [-0.2, 0) is 14.8 Å². The van der Waals surface area contributed by atoms with Crippen molar-refractivity contribution in [1.29, 1.82) is 0 Å². The van der Waals surface area contributed by atoms with Crippen molar-refractivity contribution >= 4 is 47.9 Å². The lowest BCUT2D eigenvalue weighted by Gasteiger charge is -2.13. The maximum atomic E-state index is 12.0. The summed E-state index contributed by atoms with van der Waals surface area (Å²) in [7, 11) is -3.86. The van der Waals surface area contributed by atoms with E-state index in [0.717, 1.165) is 4.47 Å². The van der Waals surface area contributed by atoms with E-state index in [9.17, 15) is 13.2 Å². The zero-order valence-electron chi connectivity index (χ0n) is 9.35. The van der Waals surface area contributed by atoms with Crippen molar-refractivity contribution in [3.05, 3.63) is 27.1 Å². The van der Waals surface area contributed by atoms with Crippen LogP contribution in [0.5, 0.6) is 0 Å². The molecule has 1 aromatic rings. The topological polar surface area (TPSA) is 83.5 Å². The number of rotatable bonds is 5. The summed E-state index contributed by atoms with van der Waals surface area (Å²) in [6.07, 6.45) is 0.169. The highest BCUT2D eigenvalue weighted by Crippen LogP contribution is 2.25. The van der Waals surface area contributed by atoms with Crippen LogP contribution in [0.4, 0.5) is 0 Å². The standard InChI is InChI=1S/C10H11Br2NO4S/c1-2-8(10(14)15)13-18(16,17)9-4-3-6(11)5-7(9)12/h3-5,8,13H,2H2,1H3,(H,14,15). The van der Waals surface area contributed by atoms with Crippen molar-refractivity contribution in [3.63, 3.8) is 0 Å². The van der Waals surface area contributed by atoms with Gasteiger partial charge in [-0.15, -0.1) is 0 Å². The Morgan fingerprint density at radius 3 is 2.50 bits per heavy atom. The summed E-state index contributed by atoms with van der Waals surface area (Å²) in [5, 5.41) is 8.85. The van der Waals surface area contributed by atoms with E-state index >= 15 is 0 Å². The molecule has 0 saturated heterocycles. The monoisotopic (exact) mass is 399 g/mol. The predicted octanol–water partition coefficient (Wildman–Crippen LogP) is 2.35. The average Bonchev–Trinajstić information content (AvgIpc) is 2.24. The van der Waals surface area contributed by atoms with E-state index in [4.69, 9.17) is 5.11 Å². The van der Waals surface area contributed by atoms with Gasteiger partial charge < -0.3 is 5.11 Å². The van der Waals surface area contributed by atoms with Gasteiger partial charge in [0.15, 0.2) is 0 Å². The van der Waals surface area contributed by atoms with Gasteiger partial charge in [0.1, 0.15) is 6.04 Å². The molecule has 0 aliphatic carbocycles. The van der Waals surface area contributed by atoms with Crippen LogP contribution in [0.3, 0.4) is 0 Å². The minimum atomic E-state index is -3.86. The highest BCUT2D eigenvalue weighted by Gasteiger charge is 2.25. The number of carboxylic acid groups (broad SMARTS) is 1. The van der Waals surface area contributed by atoms with E-state index in [1.54, 1.807) is 19.1 Å². The number of hydrogen-bond donors (Lipinski definition) is 2. The number of benzene rings is 1. The van der Waals surface area contributed by atoms with Gasteiger partial charge in [-0.25, -0.2) is 8.42 Å². The van der Waals surface area contributed by atoms with Crippen LogP contribution < -0.4 is 4.72 Å². The number of halogens is 2. The van der Waals surface area contributed by atoms with E-state index in [0.29, 0.717) is 4.47 Å². The van der Waals surface area contributed by atoms with Gasteiger partial charge in [0.2, 0.25) is 10.0 Å². The second kappa shape index (κ2) is 6.14. The fourth-order valence-electron chi connectivity index (χ4n) is 1.25. The Morgan fingerprint density at radius 1 is 1.44 bits per heavy atom. The van der Waals surface area contributed by atoms with Crippen LogP contribution in [0.15, 0.2) is 32.0 Å². The van der Waals surface area contributed by atoms with Crippen LogP contribution >= 0.6 is 31.9 Å². The molecule has 0 bridgehead atoms.